The average molecular weight is 230 g/mol. The van der Waals surface area contributed by atoms with Crippen molar-refractivity contribution in [3.8, 4) is 11.4 Å². The number of hydrogen-bond donors (Lipinski definition) is 1. The maximum atomic E-state index is 10.3. The van der Waals surface area contributed by atoms with Gasteiger partial charge in [0.2, 0.25) is 5.82 Å². The standard InChI is InChI=1S/C11H10N4O2/c16-10(17)7-4-8-15-13-11(12-14-15)9-5-2-1-3-6-9/h1-7H,8H2,(H,16,17). The van der Waals surface area contributed by atoms with Gasteiger partial charge in [0.25, 0.3) is 0 Å². The molecule has 0 saturated heterocycles. The molecule has 0 spiro atoms. The van der Waals surface area contributed by atoms with Gasteiger partial charge < -0.3 is 5.11 Å². The van der Waals surface area contributed by atoms with Gasteiger partial charge in [0.15, 0.2) is 0 Å². The highest BCUT2D eigenvalue weighted by Gasteiger charge is 2.03. The fourth-order valence-electron chi connectivity index (χ4n) is 1.27. The summed E-state index contributed by atoms with van der Waals surface area (Å²) in [5, 5.41) is 20.3. The molecule has 2 aromatic rings. The summed E-state index contributed by atoms with van der Waals surface area (Å²) in [6, 6.07) is 9.45. The first kappa shape index (κ1) is 11.0. The molecule has 0 aliphatic carbocycles. The monoisotopic (exact) mass is 230 g/mol. The number of nitrogens with zero attached hydrogens (tertiary/aromatic N) is 4. The highest BCUT2D eigenvalue weighted by molar-refractivity contribution is 5.79. The normalized spacial score (nSPS) is 10.8. The molecule has 1 aromatic heterocycles. The third-order valence-electron chi connectivity index (χ3n) is 2.01. The van der Waals surface area contributed by atoms with Gasteiger partial charge in [0.05, 0.1) is 6.54 Å². The van der Waals surface area contributed by atoms with Gasteiger partial charge in [-0.15, -0.1) is 10.2 Å². The molecule has 1 heterocycles. The van der Waals surface area contributed by atoms with E-state index in [9.17, 15) is 4.79 Å². The van der Waals surface area contributed by atoms with Crippen LogP contribution in [0.1, 0.15) is 0 Å². The van der Waals surface area contributed by atoms with Crippen LogP contribution in [-0.4, -0.2) is 31.3 Å². The lowest BCUT2D eigenvalue weighted by molar-refractivity contribution is -0.131. The Labute approximate surface area is 97.2 Å². The molecule has 1 N–H and O–H groups in total. The summed E-state index contributed by atoms with van der Waals surface area (Å²) in [6.07, 6.45) is 2.50. The molecule has 6 nitrogen and oxygen atoms in total. The van der Waals surface area contributed by atoms with E-state index in [-0.39, 0.29) is 6.54 Å². The molecule has 0 bridgehead atoms. The summed E-state index contributed by atoms with van der Waals surface area (Å²) in [7, 11) is 0. The Balaban J connectivity index is 2.09. The van der Waals surface area contributed by atoms with E-state index in [0.29, 0.717) is 5.82 Å². The number of hydrogen-bond acceptors (Lipinski definition) is 4. The summed E-state index contributed by atoms with van der Waals surface area (Å²) in [4.78, 5) is 11.6. The minimum atomic E-state index is -0.992. The molecular weight excluding hydrogens is 220 g/mol. The molecular formula is C11H10N4O2. The van der Waals surface area contributed by atoms with Gasteiger partial charge in [-0.3, -0.25) is 0 Å². The largest absolute Gasteiger partial charge is 0.478 e. The van der Waals surface area contributed by atoms with Gasteiger partial charge in [-0.25, -0.2) is 4.79 Å². The molecule has 6 heteroatoms. The zero-order valence-corrected chi connectivity index (χ0v) is 8.89. The van der Waals surface area contributed by atoms with Crippen molar-refractivity contribution in [1.29, 1.82) is 0 Å². The lowest BCUT2D eigenvalue weighted by atomic mass is 10.2. The van der Waals surface area contributed by atoms with E-state index in [1.54, 1.807) is 0 Å². The Morgan fingerprint density at radius 3 is 2.82 bits per heavy atom. The van der Waals surface area contributed by atoms with Gasteiger partial charge in [0, 0.05) is 11.6 Å². The molecule has 0 aliphatic heterocycles. The number of benzene rings is 1. The zero-order valence-electron chi connectivity index (χ0n) is 8.89. The number of allylic oxidation sites excluding steroid dienone is 1. The predicted molar refractivity (Wildman–Crippen MR) is 60.0 cm³/mol. The molecule has 0 amide bonds. The Morgan fingerprint density at radius 1 is 1.35 bits per heavy atom. The van der Waals surface area contributed by atoms with Crippen molar-refractivity contribution in [3.05, 3.63) is 42.5 Å². The smallest absolute Gasteiger partial charge is 0.328 e. The first-order valence-electron chi connectivity index (χ1n) is 4.98. The highest BCUT2D eigenvalue weighted by atomic mass is 16.4. The molecule has 1 aromatic carbocycles. The third kappa shape index (κ3) is 2.97. The molecule has 2 rings (SSSR count). The van der Waals surface area contributed by atoms with Crippen LogP contribution in [0.2, 0.25) is 0 Å². The summed E-state index contributed by atoms with van der Waals surface area (Å²) in [5.41, 5.74) is 0.876. The number of carboxylic acids is 1. The van der Waals surface area contributed by atoms with Crippen LogP contribution < -0.4 is 0 Å². The van der Waals surface area contributed by atoms with Crippen LogP contribution in [0.25, 0.3) is 11.4 Å². The number of rotatable bonds is 4. The lowest BCUT2D eigenvalue weighted by Crippen LogP contribution is -2.01. The second-order valence-electron chi connectivity index (χ2n) is 3.27. The van der Waals surface area contributed by atoms with E-state index in [0.717, 1.165) is 11.6 Å². The third-order valence-corrected chi connectivity index (χ3v) is 2.01. The maximum Gasteiger partial charge on any atom is 0.328 e. The fourth-order valence-corrected chi connectivity index (χ4v) is 1.27. The molecule has 0 aliphatic rings. The van der Waals surface area contributed by atoms with Crippen LogP contribution in [0.3, 0.4) is 0 Å². The van der Waals surface area contributed by atoms with Crippen molar-refractivity contribution in [2.24, 2.45) is 0 Å². The topological polar surface area (TPSA) is 80.9 Å². The highest BCUT2D eigenvalue weighted by Crippen LogP contribution is 2.11. The van der Waals surface area contributed by atoms with E-state index in [1.807, 2.05) is 30.3 Å². The summed E-state index contributed by atoms with van der Waals surface area (Å²) < 4.78 is 0. The van der Waals surface area contributed by atoms with Crippen LogP contribution in [0, 0.1) is 0 Å². The summed E-state index contributed by atoms with van der Waals surface area (Å²) in [6.45, 7) is 0.284. The Bertz CT molecular complexity index is 533. The number of carboxylic acid groups (broad SMARTS) is 1. The van der Waals surface area contributed by atoms with E-state index in [4.69, 9.17) is 5.11 Å². The predicted octanol–water partition coefficient (Wildman–Crippen LogP) is 0.981. The molecule has 17 heavy (non-hydrogen) atoms. The second-order valence-corrected chi connectivity index (χ2v) is 3.27. The van der Waals surface area contributed by atoms with Gasteiger partial charge in [-0.2, -0.15) is 4.80 Å². The van der Waals surface area contributed by atoms with Crippen LogP contribution in [0.15, 0.2) is 42.5 Å². The molecule has 86 valence electrons. The Hall–Kier alpha value is -2.50. The van der Waals surface area contributed by atoms with Crippen molar-refractivity contribution in [1.82, 2.24) is 20.2 Å². The van der Waals surface area contributed by atoms with Crippen LogP contribution in [0.5, 0.6) is 0 Å². The molecule has 0 radical (unpaired) electrons. The summed E-state index contributed by atoms with van der Waals surface area (Å²) >= 11 is 0. The van der Waals surface area contributed by atoms with Crippen molar-refractivity contribution < 1.29 is 9.90 Å². The van der Waals surface area contributed by atoms with Gasteiger partial charge in [0.1, 0.15) is 0 Å². The number of carbonyl (C=O) groups is 1. The van der Waals surface area contributed by atoms with Gasteiger partial charge in [-0.1, -0.05) is 36.4 Å². The summed E-state index contributed by atoms with van der Waals surface area (Å²) in [5.74, 6) is -0.470. The average Bonchev–Trinajstić information content (AvgIpc) is 2.78. The van der Waals surface area contributed by atoms with Crippen molar-refractivity contribution in [3.63, 3.8) is 0 Å². The fraction of sp³-hybridized carbons (Fsp3) is 0.0909. The molecule has 0 fully saturated rings. The van der Waals surface area contributed by atoms with Crippen molar-refractivity contribution in [2.75, 3.05) is 0 Å². The van der Waals surface area contributed by atoms with Crippen molar-refractivity contribution >= 4 is 5.97 Å². The molecule has 0 unspecified atom stereocenters. The van der Waals surface area contributed by atoms with Crippen LogP contribution in [-0.2, 0) is 11.3 Å². The van der Waals surface area contributed by atoms with E-state index in [2.05, 4.69) is 15.4 Å². The van der Waals surface area contributed by atoms with Gasteiger partial charge >= 0.3 is 5.97 Å². The van der Waals surface area contributed by atoms with E-state index >= 15 is 0 Å². The molecule has 0 atom stereocenters. The molecule has 0 saturated carbocycles. The minimum absolute atomic E-state index is 0.284. The van der Waals surface area contributed by atoms with Crippen LogP contribution >= 0.6 is 0 Å². The lowest BCUT2D eigenvalue weighted by Gasteiger charge is -1.92. The SMILES string of the molecule is O=C(O)C=CCn1nnc(-c2ccccc2)n1. The number of aromatic nitrogens is 4. The van der Waals surface area contributed by atoms with Crippen molar-refractivity contribution in [2.45, 2.75) is 6.54 Å². The first-order chi connectivity index (χ1) is 8.25. The van der Waals surface area contributed by atoms with E-state index < -0.39 is 5.97 Å². The van der Waals surface area contributed by atoms with Gasteiger partial charge in [-0.05, 0) is 5.21 Å². The van der Waals surface area contributed by atoms with Crippen LogP contribution in [0.4, 0.5) is 0 Å². The first-order valence-corrected chi connectivity index (χ1v) is 4.98. The zero-order chi connectivity index (χ0) is 12.1. The quantitative estimate of drug-likeness (QED) is 0.792. The van der Waals surface area contributed by atoms with E-state index in [1.165, 1.54) is 10.9 Å². The maximum absolute atomic E-state index is 10.3. The Morgan fingerprint density at radius 2 is 2.12 bits per heavy atom. The number of tetrazole rings is 1. The Kier molecular flexibility index (Phi) is 3.25. The number of aliphatic carboxylic acids is 1. The minimum Gasteiger partial charge on any atom is -0.478 e. The second kappa shape index (κ2) is 5.02.